The van der Waals surface area contributed by atoms with Gasteiger partial charge in [0.15, 0.2) is 9.84 Å². The van der Waals surface area contributed by atoms with Crippen LogP contribution in [-0.4, -0.2) is 50.0 Å². The van der Waals surface area contributed by atoms with Gasteiger partial charge in [0.1, 0.15) is 5.82 Å². The molecule has 0 spiro atoms. The summed E-state index contributed by atoms with van der Waals surface area (Å²) in [6, 6.07) is 0. The first-order valence-electron chi connectivity index (χ1n) is 5.51. The van der Waals surface area contributed by atoms with Gasteiger partial charge in [0, 0.05) is 25.8 Å². The van der Waals surface area contributed by atoms with Crippen molar-refractivity contribution in [3.63, 3.8) is 0 Å². The van der Waals surface area contributed by atoms with E-state index in [-0.39, 0.29) is 11.5 Å². The number of aromatic nitrogens is 2. The van der Waals surface area contributed by atoms with Crippen LogP contribution in [0.5, 0.6) is 0 Å². The number of nitrogens with zero attached hydrogens (tertiary/aromatic N) is 3. The fraction of sp³-hybridized carbons (Fsp3) is 0.600. The minimum atomic E-state index is -2.85. The average molecular weight is 256 g/mol. The van der Waals surface area contributed by atoms with Crippen LogP contribution in [0.25, 0.3) is 0 Å². The van der Waals surface area contributed by atoms with Gasteiger partial charge in [0.05, 0.1) is 23.4 Å². The van der Waals surface area contributed by atoms with Crippen LogP contribution in [0.3, 0.4) is 0 Å². The Labute approximate surface area is 101 Å². The molecule has 2 heterocycles. The lowest BCUT2D eigenvalue weighted by atomic mass is 10.4. The zero-order chi connectivity index (χ0) is 12.3. The monoisotopic (exact) mass is 256 g/mol. The van der Waals surface area contributed by atoms with Gasteiger partial charge in [-0.25, -0.2) is 13.4 Å². The van der Waals surface area contributed by atoms with E-state index in [9.17, 15) is 8.42 Å². The van der Waals surface area contributed by atoms with Crippen LogP contribution in [0.1, 0.15) is 5.69 Å². The molecule has 0 aromatic carbocycles. The molecule has 0 amide bonds. The number of nitrogens with one attached hydrogen (secondary N) is 1. The molecule has 6 nitrogen and oxygen atoms in total. The lowest BCUT2D eigenvalue weighted by Gasteiger charge is -2.27. The van der Waals surface area contributed by atoms with E-state index in [2.05, 4.69) is 15.3 Å². The summed E-state index contributed by atoms with van der Waals surface area (Å²) in [4.78, 5) is 10.5. The van der Waals surface area contributed by atoms with Crippen molar-refractivity contribution < 1.29 is 8.42 Å². The number of anilines is 1. The third kappa shape index (κ3) is 3.13. The van der Waals surface area contributed by atoms with Crippen LogP contribution in [-0.2, 0) is 16.4 Å². The fourth-order valence-corrected chi connectivity index (χ4v) is 2.96. The molecule has 1 N–H and O–H groups in total. The predicted octanol–water partition coefficient (Wildman–Crippen LogP) is -0.569. The van der Waals surface area contributed by atoms with E-state index in [1.165, 1.54) is 0 Å². The maximum absolute atomic E-state index is 11.3. The molecule has 0 atom stereocenters. The zero-order valence-electron chi connectivity index (χ0n) is 9.76. The van der Waals surface area contributed by atoms with Crippen molar-refractivity contribution in [3.8, 4) is 0 Å². The van der Waals surface area contributed by atoms with Crippen LogP contribution in [0, 0.1) is 0 Å². The van der Waals surface area contributed by atoms with Gasteiger partial charge in [0.25, 0.3) is 0 Å². The highest BCUT2D eigenvalue weighted by atomic mass is 32.2. The summed E-state index contributed by atoms with van der Waals surface area (Å²) in [6.07, 6.45) is 3.39. The first-order chi connectivity index (χ1) is 8.11. The third-order valence-corrected chi connectivity index (χ3v) is 4.31. The number of hydrogen-bond acceptors (Lipinski definition) is 6. The van der Waals surface area contributed by atoms with E-state index < -0.39 is 9.84 Å². The first-order valence-corrected chi connectivity index (χ1v) is 7.34. The van der Waals surface area contributed by atoms with Gasteiger partial charge >= 0.3 is 0 Å². The first kappa shape index (κ1) is 12.3. The summed E-state index contributed by atoms with van der Waals surface area (Å²) in [5, 5.41) is 3.01. The van der Waals surface area contributed by atoms with Gasteiger partial charge < -0.3 is 10.2 Å². The van der Waals surface area contributed by atoms with Crippen LogP contribution in [0.2, 0.25) is 0 Å². The van der Waals surface area contributed by atoms with Crippen LogP contribution >= 0.6 is 0 Å². The third-order valence-electron chi connectivity index (χ3n) is 2.70. The Morgan fingerprint density at radius 3 is 2.71 bits per heavy atom. The summed E-state index contributed by atoms with van der Waals surface area (Å²) in [7, 11) is -0.997. The van der Waals surface area contributed by atoms with Crippen molar-refractivity contribution in [2.45, 2.75) is 6.54 Å². The minimum Gasteiger partial charge on any atom is -0.353 e. The van der Waals surface area contributed by atoms with E-state index in [0.717, 1.165) is 11.5 Å². The SMILES string of the molecule is CNCc1cncc(N2CCS(=O)(=O)CC2)n1. The molecule has 0 unspecified atom stereocenters. The summed E-state index contributed by atoms with van der Waals surface area (Å²) < 4.78 is 22.6. The molecular formula is C10H16N4O2S. The Hall–Kier alpha value is -1.21. The molecule has 1 aromatic rings. The van der Waals surface area contributed by atoms with Crippen molar-refractivity contribution >= 4 is 15.7 Å². The number of hydrogen-bond donors (Lipinski definition) is 1. The fourth-order valence-electron chi connectivity index (χ4n) is 1.76. The van der Waals surface area contributed by atoms with E-state index in [1.54, 1.807) is 12.4 Å². The molecule has 2 rings (SSSR count). The largest absolute Gasteiger partial charge is 0.353 e. The molecule has 1 saturated heterocycles. The van der Waals surface area contributed by atoms with Crippen LogP contribution < -0.4 is 10.2 Å². The van der Waals surface area contributed by atoms with Crippen molar-refractivity contribution in [3.05, 3.63) is 18.1 Å². The molecule has 0 saturated carbocycles. The Morgan fingerprint density at radius 2 is 2.06 bits per heavy atom. The molecule has 94 valence electrons. The van der Waals surface area contributed by atoms with Crippen molar-refractivity contribution in [2.24, 2.45) is 0 Å². The molecule has 0 radical (unpaired) electrons. The average Bonchev–Trinajstić information content (AvgIpc) is 2.30. The quantitative estimate of drug-likeness (QED) is 0.780. The highest BCUT2D eigenvalue weighted by Gasteiger charge is 2.22. The molecule has 1 aliphatic rings. The second-order valence-electron chi connectivity index (χ2n) is 4.04. The van der Waals surface area contributed by atoms with E-state index in [0.29, 0.717) is 19.6 Å². The molecule has 0 bridgehead atoms. The standard InChI is InChI=1S/C10H16N4O2S/c1-11-6-9-7-12-8-10(13-9)14-2-4-17(15,16)5-3-14/h7-8,11H,2-6H2,1H3. The van der Waals surface area contributed by atoms with Gasteiger partial charge in [-0.05, 0) is 7.05 Å². The van der Waals surface area contributed by atoms with Gasteiger partial charge in [-0.1, -0.05) is 0 Å². The van der Waals surface area contributed by atoms with E-state index in [1.807, 2.05) is 11.9 Å². The van der Waals surface area contributed by atoms with Crippen LogP contribution in [0.15, 0.2) is 12.4 Å². The number of rotatable bonds is 3. The zero-order valence-corrected chi connectivity index (χ0v) is 10.6. The topological polar surface area (TPSA) is 75.2 Å². The summed E-state index contributed by atoms with van der Waals surface area (Å²) in [5.41, 5.74) is 0.860. The lowest BCUT2D eigenvalue weighted by molar-refractivity contribution is 0.586. The summed E-state index contributed by atoms with van der Waals surface area (Å²) >= 11 is 0. The van der Waals surface area contributed by atoms with Gasteiger partial charge in [-0.2, -0.15) is 0 Å². The molecular weight excluding hydrogens is 240 g/mol. The molecule has 1 fully saturated rings. The lowest BCUT2D eigenvalue weighted by Crippen LogP contribution is -2.40. The Bertz CT molecular complexity index is 475. The molecule has 1 aliphatic heterocycles. The molecule has 17 heavy (non-hydrogen) atoms. The summed E-state index contributed by atoms with van der Waals surface area (Å²) in [6.45, 7) is 1.66. The van der Waals surface area contributed by atoms with E-state index in [4.69, 9.17) is 0 Å². The normalized spacial score (nSPS) is 19.2. The molecule has 1 aromatic heterocycles. The van der Waals surface area contributed by atoms with Gasteiger partial charge in [0.2, 0.25) is 0 Å². The van der Waals surface area contributed by atoms with E-state index >= 15 is 0 Å². The highest BCUT2D eigenvalue weighted by Crippen LogP contribution is 2.13. The molecule has 7 heteroatoms. The second kappa shape index (κ2) is 4.97. The minimum absolute atomic E-state index is 0.199. The van der Waals surface area contributed by atoms with Crippen molar-refractivity contribution in [1.29, 1.82) is 0 Å². The smallest absolute Gasteiger partial charge is 0.153 e. The summed E-state index contributed by atoms with van der Waals surface area (Å²) in [5.74, 6) is 1.16. The highest BCUT2D eigenvalue weighted by molar-refractivity contribution is 7.91. The second-order valence-corrected chi connectivity index (χ2v) is 6.34. The Morgan fingerprint density at radius 1 is 1.35 bits per heavy atom. The maximum Gasteiger partial charge on any atom is 0.153 e. The van der Waals surface area contributed by atoms with Crippen molar-refractivity contribution in [2.75, 3.05) is 36.5 Å². The predicted molar refractivity (Wildman–Crippen MR) is 65.7 cm³/mol. The molecule has 0 aliphatic carbocycles. The van der Waals surface area contributed by atoms with Crippen molar-refractivity contribution in [1.82, 2.24) is 15.3 Å². The van der Waals surface area contributed by atoms with Gasteiger partial charge in [-0.3, -0.25) is 4.98 Å². The maximum atomic E-state index is 11.3. The Kier molecular flexibility index (Phi) is 3.58. The number of sulfone groups is 1. The van der Waals surface area contributed by atoms with Gasteiger partial charge in [-0.15, -0.1) is 0 Å². The Balaban J connectivity index is 2.10. The van der Waals surface area contributed by atoms with Crippen LogP contribution in [0.4, 0.5) is 5.82 Å².